The summed E-state index contributed by atoms with van der Waals surface area (Å²) in [5.74, 6) is 0.585. The van der Waals surface area contributed by atoms with Crippen molar-refractivity contribution in [3.05, 3.63) is 0 Å². The molecule has 0 aromatic carbocycles. The van der Waals surface area contributed by atoms with E-state index in [-0.39, 0.29) is 17.9 Å². The highest BCUT2D eigenvalue weighted by molar-refractivity contribution is 5.85. The Bertz CT molecular complexity index is 354. The van der Waals surface area contributed by atoms with Crippen LogP contribution in [0.15, 0.2) is 0 Å². The molecule has 2 amide bonds. The lowest BCUT2D eigenvalue weighted by molar-refractivity contribution is -0.139. The predicted octanol–water partition coefficient (Wildman–Crippen LogP) is 0.241. The van der Waals surface area contributed by atoms with Crippen molar-refractivity contribution in [2.24, 2.45) is 11.7 Å². The molecule has 3 N–H and O–H groups in total. The molecule has 0 aromatic heterocycles. The van der Waals surface area contributed by atoms with E-state index < -0.39 is 5.54 Å². The molecule has 5 nitrogen and oxygen atoms in total. The average Bonchev–Trinajstić information content (AvgIpc) is 2.37. The minimum absolute atomic E-state index is 0.0420. The van der Waals surface area contributed by atoms with Gasteiger partial charge in [0.15, 0.2) is 0 Å². The fraction of sp³-hybridized carbons (Fsp3) is 0.846. The number of piperidine rings is 2. The van der Waals surface area contributed by atoms with Crippen LogP contribution in [-0.4, -0.2) is 41.4 Å². The second-order valence-corrected chi connectivity index (χ2v) is 5.78. The van der Waals surface area contributed by atoms with Gasteiger partial charge < -0.3 is 16.0 Å². The van der Waals surface area contributed by atoms with Crippen molar-refractivity contribution in [3.8, 4) is 0 Å². The topological polar surface area (TPSA) is 75.4 Å². The van der Waals surface area contributed by atoms with Crippen molar-refractivity contribution in [2.75, 3.05) is 13.1 Å². The first-order chi connectivity index (χ1) is 8.44. The molecule has 3 unspecified atom stereocenters. The minimum Gasteiger partial charge on any atom is -0.353 e. The molecular weight excluding hydrogens is 230 g/mol. The third-order valence-corrected chi connectivity index (χ3v) is 4.33. The highest BCUT2D eigenvalue weighted by Crippen LogP contribution is 2.26. The number of hydrogen-bond donors (Lipinski definition) is 2. The number of fused-ring (bicyclic) bond motifs is 1. The molecule has 2 fully saturated rings. The number of carbonyl (C=O) groups excluding carboxylic acids is 2. The van der Waals surface area contributed by atoms with E-state index in [9.17, 15) is 9.59 Å². The largest absolute Gasteiger partial charge is 0.353 e. The zero-order chi connectivity index (χ0) is 13.3. The third kappa shape index (κ3) is 2.51. The smallest absolute Gasteiger partial charge is 0.242 e. The molecule has 2 saturated heterocycles. The molecule has 3 atom stereocenters. The summed E-state index contributed by atoms with van der Waals surface area (Å²) < 4.78 is 0. The zero-order valence-electron chi connectivity index (χ0n) is 11.2. The van der Waals surface area contributed by atoms with E-state index >= 15 is 0 Å². The zero-order valence-corrected chi connectivity index (χ0v) is 11.2. The molecule has 0 bridgehead atoms. The summed E-state index contributed by atoms with van der Waals surface area (Å²) >= 11 is 0. The van der Waals surface area contributed by atoms with Crippen LogP contribution in [0.1, 0.15) is 39.5 Å². The summed E-state index contributed by atoms with van der Waals surface area (Å²) in [5.41, 5.74) is 5.26. The maximum absolute atomic E-state index is 12.3. The summed E-state index contributed by atoms with van der Waals surface area (Å²) in [6, 6.07) is 0.251. The molecule has 0 radical (unpaired) electrons. The first-order valence-corrected chi connectivity index (χ1v) is 6.81. The SMILES string of the molecule is CCC(C)(N)C(=O)N1CCC2NC(=O)CCC2C1. The Kier molecular flexibility index (Phi) is 3.61. The average molecular weight is 253 g/mol. The molecule has 18 heavy (non-hydrogen) atoms. The van der Waals surface area contributed by atoms with E-state index in [1.807, 2.05) is 11.8 Å². The third-order valence-electron chi connectivity index (χ3n) is 4.33. The molecule has 2 aliphatic rings. The van der Waals surface area contributed by atoms with E-state index in [4.69, 9.17) is 5.73 Å². The number of nitrogens with one attached hydrogen (secondary N) is 1. The molecule has 102 valence electrons. The highest BCUT2D eigenvalue weighted by atomic mass is 16.2. The van der Waals surface area contributed by atoms with Gasteiger partial charge in [0.25, 0.3) is 0 Å². The van der Waals surface area contributed by atoms with Crippen LogP contribution in [0.2, 0.25) is 0 Å². The summed E-state index contributed by atoms with van der Waals surface area (Å²) in [7, 11) is 0. The Labute approximate surface area is 108 Å². The predicted molar refractivity (Wildman–Crippen MR) is 68.7 cm³/mol. The molecule has 0 aliphatic carbocycles. The second kappa shape index (κ2) is 4.88. The van der Waals surface area contributed by atoms with Crippen molar-refractivity contribution in [3.63, 3.8) is 0 Å². The molecule has 2 heterocycles. The summed E-state index contributed by atoms with van der Waals surface area (Å²) in [6.45, 7) is 5.17. The van der Waals surface area contributed by atoms with E-state index in [1.54, 1.807) is 6.92 Å². The van der Waals surface area contributed by atoms with Crippen molar-refractivity contribution < 1.29 is 9.59 Å². The van der Waals surface area contributed by atoms with E-state index in [2.05, 4.69) is 5.32 Å². The van der Waals surface area contributed by atoms with Crippen LogP contribution in [0, 0.1) is 5.92 Å². The van der Waals surface area contributed by atoms with Crippen LogP contribution in [0.3, 0.4) is 0 Å². The maximum atomic E-state index is 12.3. The van der Waals surface area contributed by atoms with Crippen LogP contribution in [0.25, 0.3) is 0 Å². The lowest BCUT2D eigenvalue weighted by Gasteiger charge is -2.43. The van der Waals surface area contributed by atoms with E-state index in [1.165, 1.54) is 0 Å². The maximum Gasteiger partial charge on any atom is 0.242 e. The van der Waals surface area contributed by atoms with Crippen molar-refractivity contribution in [2.45, 2.75) is 51.1 Å². The first kappa shape index (κ1) is 13.3. The van der Waals surface area contributed by atoms with Gasteiger partial charge in [0.1, 0.15) is 0 Å². The molecule has 0 saturated carbocycles. The van der Waals surface area contributed by atoms with Crippen molar-refractivity contribution in [1.29, 1.82) is 0 Å². The van der Waals surface area contributed by atoms with Gasteiger partial charge in [-0.3, -0.25) is 9.59 Å². The van der Waals surface area contributed by atoms with E-state index in [0.29, 0.717) is 25.3 Å². The van der Waals surface area contributed by atoms with Gasteiger partial charge in [0, 0.05) is 25.6 Å². The van der Waals surface area contributed by atoms with Gasteiger partial charge in [-0.2, -0.15) is 0 Å². The Morgan fingerprint density at radius 1 is 1.56 bits per heavy atom. The van der Waals surface area contributed by atoms with Gasteiger partial charge in [-0.05, 0) is 32.1 Å². The summed E-state index contributed by atoms with van der Waals surface area (Å²) in [6.07, 6.45) is 2.96. The molecule has 5 heteroatoms. The molecular formula is C13H23N3O2. The Morgan fingerprint density at radius 2 is 2.28 bits per heavy atom. The number of nitrogens with two attached hydrogens (primary N) is 1. The standard InChI is InChI=1S/C13H23N3O2/c1-3-13(2,14)12(18)16-7-6-10-9(8-16)4-5-11(17)15-10/h9-10H,3-8,14H2,1-2H3,(H,15,17). The van der Waals surface area contributed by atoms with Crippen molar-refractivity contribution >= 4 is 11.8 Å². The minimum atomic E-state index is -0.759. The van der Waals surface area contributed by atoms with Crippen LogP contribution in [-0.2, 0) is 9.59 Å². The van der Waals surface area contributed by atoms with E-state index in [0.717, 1.165) is 19.4 Å². The summed E-state index contributed by atoms with van der Waals surface area (Å²) in [5, 5.41) is 3.02. The molecule has 0 spiro atoms. The highest BCUT2D eigenvalue weighted by Gasteiger charge is 2.38. The lowest BCUT2D eigenvalue weighted by Crippen LogP contribution is -2.60. The molecule has 2 aliphatic heterocycles. The first-order valence-electron chi connectivity index (χ1n) is 6.81. The number of likely N-dealkylation sites (tertiary alicyclic amines) is 1. The monoisotopic (exact) mass is 253 g/mol. The number of nitrogens with zero attached hydrogens (tertiary/aromatic N) is 1. The molecule has 0 aromatic rings. The van der Waals surface area contributed by atoms with Crippen molar-refractivity contribution in [1.82, 2.24) is 10.2 Å². The number of rotatable bonds is 2. The Balaban J connectivity index is 1.99. The Hall–Kier alpha value is -1.10. The van der Waals surface area contributed by atoms with Crippen LogP contribution < -0.4 is 11.1 Å². The van der Waals surface area contributed by atoms with Gasteiger partial charge in [0.2, 0.25) is 11.8 Å². The second-order valence-electron chi connectivity index (χ2n) is 5.78. The van der Waals surface area contributed by atoms with Gasteiger partial charge in [0.05, 0.1) is 5.54 Å². The van der Waals surface area contributed by atoms with Crippen LogP contribution >= 0.6 is 0 Å². The lowest BCUT2D eigenvalue weighted by atomic mass is 9.84. The van der Waals surface area contributed by atoms with Crippen LogP contribution in [0.5, 0.6) is 0 Å². The van der Waals surface area contributed by atoms with Gasteiger partial charge in [-0.1, -0.05) is 6.92 Å². The quantitative estimate of drug-likeness (QED) is 0.740. The fourth-order valence-corrected chi connectivity index (χ4v) is 2.81. The Morgan fingerprint density at radius 3 is 2.94 bits per heavy atom. The normalized spacial score (nSPS) is 31.3. The number of carbonyl (C=O) groups is 2. The number of amides is 2. The van der Waals surface area contributed by atoms with Gasteiger partial charge in [-0.15, -0.1) is 0 Å². The summed E-state index contributed by atoms with van der Waals surface area (Å²) in [4.78, 5) is 25.5. The fourth-order valence-electron chi connectivity index (χ4n) is 2.81. The number of hydrogen-bond acceptors (Lipinski definition) is 3. The molecule has 2 rings (SSSR count). The van der Waals surface area contributed by atoms with Crippen LogP contribution in [0.4, 0.5) is 0 Å². The van der Waals surface area contributed by atoms with Gasteiger partial charge >= 0.3 is 0 Å². The van der Waals surface area contributed by atoms with Gasteiger partial charge in [-0.25, -0.2) is 0 Å².